The molecule has 1 aromatic heterocycles. The molecule has 0 saturated heterocycles. The summed E-state index contributed by atoms with van der Waals surface area (Å²) in [6, 6.07) is 98.6. The highest BCUT2D eigenvalue weighted by atomic mass is 15.2. The predicted octanol–water partition coefficient (Wildman–Crippen LogP) is 17.9. The van der Waals surface area contributed by atoms with Crippen molar-refractivity contribution < 1.29 is 0 Å². The van der Waals surface area contributed by atoms with Gasteiger partial charge in [-0.3, -0.25) is 0 Å². The van der Waals surface area contributed by atoms with Crippen LogP contribution in [0.4, 0.5) is 34.1 Å². The van der Waals surface area contributed by atoms with E-state index >= 15 is 0 Å². The van der Waals surface area contributed by atoms with Gasteiger partial charge in [-0.05, 0) is 130 Å². The molecule has 0 fully saturated rings. The number of para-hydroxylation sites is 4. The molecule has 3 heteroatoms. The molecule has 1 heterocycles. The number of benzene rings is 11. The maximum atomic E-state index is 2.45. The molecular formula is C64H45N3. The van der Waals surface area contributed by atoms with E-state index in [-0.39, 0.29) is 0 Å². The zero-order valence-corrected chi connectivity index (χ0v) is 36.8. The van der Waals surface area contributed by atoms with Crippen molar-refractivity contribution in [3.05, 3.63) is 273 Å². The molecule has 12 rings (SSSR count). The molecule has 0 N–H and O–H groups in total. The lowest BCUT2D eigenvalue weighted by atomic mass is 9.96. The molecule has 0 amide bonds. The summed E-state index contributed by atoms with van der Waals surface area (Å²) in [5, 5.41) is 4.85. The molecule has 11 aromatic carbocycles. The van der Waals surface area contributed by atoms with Crippen molar-refractivity contribution in [2.75, 3.05) is 9.80 Å². The van der Waals surface area contributed by atoms with Crippen molar-refractivity contribution in [2.45, 2.75) is 0 Å². The van der Waals surface area contributed by atoms with E-state index in [1.807, 2.05) is 0 Å². The number of hydrogen-bond acceptors (Lipinski definition) is 2. The van der Waals surface area contributed by atoms with Gasteiger partial charge in [-0.15, -0.1) is 0 Å². The largest absolute Gasteiger partial charge is 0.311 e. The van der Waals surface area contributed by atoms with Gasteiger partial charge in [0.15, 0.2) is 0 Å². The zero-order chi connectivity index (χ0) is 44.5. The topological polar surface area (TPSA) is 11.4 Å². The summed E-state index contributed by atoms with van der Waals surface area (Å²) in [6.45, 7) is 0. The molecule has 0 atom stereocenters. The first kappa shape index (κ1) is 39.7. The second kappa shape index (κ2) is 17.2. The van der Waals surface area contributed by atoms with Gasteiger partial charge in [-0.25, -0.2) is 0 Å². The van der Waals surface area contributed by atoms with Gasteiger partial charge in [-0.2, -0.15) is 0 Å². The average molecular weight is 856 g/mol. The van der Waals surface area contributed by atoms with E-state index in [0.717, 1.165) is 56.5 Å². The Labute approximate surface area is 391 Å². The highest BCUT2D eigenvalue weighted by Crippen LogP contribution is 2.46. The molecule has 0 radical (unpaired) electrons. The summed E-state index contributed by atoms with van der Waals surface area (Å²) in [5.41, 5.74) is 17.1. The molecule has 316 valence electrons. The van der Waals surface area contributed by atoms with Crippen molar-refractivity contribution in [1.29, 1.82) is 0 Å². The van der Waals surface area contributed by atoms with E-state index in [2.05, 4.69) is 287 Å². The molecule has 3 nitrogen and oxygen atoms in total. The number of fused-ring (bicyclic) bond motifs is 4. The predicted molar refractivity (Wildman–Crippen MR) is 284 cm³/mol. The molecule has 12 aromatic rings. The van der Waals surface area contributed by atoms with Gasteiger partial charge < -0.3 is 14.4 Å². The highest BCUT2D eigenvalue weighted by Gasteiger charge is 2.22. The Hall–Kier alpha value is -8.92. The zero-order valence-electron chi connectivity index (χ0n) is 36.8. The minimum atomic E-state index is 1.08. The summed E-state index contributed by atoms with van der Waals surface area (Å²) < 4.78 is 2.40. The molecule has 67 heavy (non-hydrogen) atoms. The Morgan fingerprint density at radius 3 is 1.39 bits per heavy atom. The van der Waals surface area contributed by atoms with Crippen LogP contribution in [-0.4, -0.2) is 4.57 Å². The molecule has 0 spiro atoms. The normalized spacial score (nSPS) is 11.3. The third-order valence-electron chi connectivity index (χ3n) is 12.9. The summed E-state index contributed by atoms with van der Waals surface area (Å²) in [5.74, 6) is 0. The first-order valence-corrected chi connectivity index (χ1v) is 22.9. The Morgan fingerprint density at radius 2 is 0.716 bits per heavy atom. The van der Waals surface area contributed by atoms with E-state index in [4.69, 9.17) is 0 Å². The van der Waals surface area contributed by atoms with Crippen LogP contribution in [0.25, 0.3) is 71.6 Å². The molecule has 0 bridgehead atoms. The second-order valence-electron chi connectivity index (χ2n) is 17.0. The molecule has 0 aliphatic heterocycles. The number of anilines is 6. The van der Waals surface area contributed by atoms with E-state index in [0.29, 0.717) is 0 Å². The SMILES string of the molecule is c1ccc(-c2cc3ccccc3cc2N(c2cccc(-c3ccc(-c4ccc(N(c5ccccc5)c5ccccc5)cc4)cc3)c2)c2ccc3c4ccccc4n(-c4ccccc4)c3c2)cc1. The fourth-order valence-corrected chi connectivity index (χ4v) is 9.73. The lowest BCUT2D eigenvalue weighted by Gasteiger charge is -2.29. The summed E-state index contributed by atoms with van der Waals surface area (Å²) in [6.07, 6.45) is 0. The molecule has 0 unspecified atom stereocenters. The van der Waals surface area contributed by atoms with Crippen LogP contribution in [0, 0.1) is 0 Å². The van der Waals surface area contributed by atoms with Crippen molar-refractivity contribution in [1.82, 2.24) is 4.57 Å². The molecule has 0 aliphatic carbocycles. The first-order valence-electron chi connectivity index (χ1n) is 22.9. The quantitative estimate of drug-likeness (QED) is 0.136. The number of nitrogens with zero attached hydrogens (tertiary/aromatic N) is 3. The van der Waals surface area contributed by atoms with Crippen LogP contribution in [0.2, 0.25) is 0 Å². The standard InChI is InChI=1S/C64H45N3/c1-5-18-49(19-6-1)61-43-51-20-13-14-21-52(51)44-63(61)66(58-40-41-60-59-30-15-16-31-62(59)67(64(60)45-58)55-27-11-4-12-28-55)57-29-17-22-50(42-57)48-34-32-46(33-35-48)47-36-38-56(39-37-47)65(53-23-7-2-8-24-53)54-25-9-3-10-26-54/h1-45H. The van der Waals surface area contributed by atoms with Gasteiger partial charge in [-0.1, -0.05) is 182 Å². The third-order valence-corrected chi connectivity index (χ3v) is 12.9. The minimum Gasteiger partial charge on any atom is -0.311 e. The van der Waals surface area contributed by atoms with Crippen LogP contribution in [0.15, 0.2) is 273 Å². The van der Waals surface area contributed by atoms with E-state index < -0.39 is 0 Å². The average Bonchev–Trinajstić information content (AvgIpc) is 3.74. The monoisotopic (exact) mass is 855 g/mol. The minimum absolute atomic E-state index is 1.08. The smallest absolute Gasteiger partial charge is 0.0561 e. The molecular weight excluding hydrogens is 811 g/mol. The van der Waals surface area contributed by atoms with Crippen LogP contribution in [-0.2, 0) is 0 Å². The maximum absolute atomic E-state index is 2.45. The van der Waals surface area contributed by atoms with E-state index in [1.165, 1.54) is 49.3 Å². The van der Waals surface area contributed by atoms with Crippen molar-refractivity contribution in [3.63, 3.8) is 0 Å². The Balaban J connectivity index is 0.967. The van der Waals surface area contributed by atoms with Crippen LogP contribution >= 0.6 is 0 Å². The molecule has 0 aliphatic rings. The van der Waals surface area contributed by atoms with Gasteiger partial charge in [0.05, 0.1) is 16.7 Å². The second-order valence-corrected chi connectivity index (χ2v) is 17.0. The van der Waals surface area contributed by atoms with Crippen molar-refractivity contribution in [2.24, 2.45) is 0 Å². The van der Waals surface area contributed by atoms with Crippen molar-refractivity contribution >= 4 is 66.7 Å². The maximum Gasteiger partial charge on any atom is 0.0561 e. The third kappa shape index (κ3) is 7.49. The Kier molecular flexibility index (Phi) is 10.2. The van der Waals surface area contributed by atoms with Crippen LogP contribution in [0.1, 0.15) is 0 Å². The summed E-state index contributed by atoms with van der Waals surface area (Å²) >= 11 is 0. The van der Waals surface area contributed by atoms with Crippen LogP contribution in [0.3, 0.4) is 0 Å². The Morgan fingerprint density at radius 1 is 0.254 bits per heavy atom. The lowest BCUT2D eigenvalue weighted by molar-refractivity contribution is 1.18. The fraction of sp³-hybridized carbons (Fsp3) is 0. The van der Waals surface area contributed by atoms with Gasteiger partial charge in [0.1, 0.15) is 0 Å². The number of hydrogen-bond donors (Lipinski definition) is 0. The van der Waals surface area contributed by atoms with Gasteiger partial charge in [0.25, 0.3) is 0 Å². The number of aromatic nitrogens is 1. The van der Waals surface area contributed by atoms with Gasteiger partial charge >= 0.3 is 0 Å². The van der Waals surface area contributed by atoms with E-state index in [1.54, 1.807) is 0 Å². The van der Waals surface area contributed by atoms with Crippen LogP contribution in [0.5, 0.6) is 0 Å². The highest BCUT2D eigenvalue weighted by molar-refractivity contribution is 6.11. The molecule has 0 saturated carbocycles. The Bertz CT molecular complexity index is 3620. The van der Waals surface area contributed by atoms with Crippen LogP contribution < -0.4 is 9.80 Å². The van der Waals surface area contributed by atoms with E-state index in [9.17, 15) is 0 Å². The first-order chi connectivity index (χ1) is 33.2. The van der Waals surface area contributed by atoms with Gasteiger partial charge in [0, 0.05) is 50.5 Å². The summed E-state index contributed by atoms with van der Waals surface area (Å²) in [7, 11) is 0. The van der Waals surface area contributed by atoms with Crippen molar-refractivity contribution in [3.8, 4) is 39.1 Å². The lowest BCUT2D eigenvalue weighted by Crippen LogP contribution is -2.12. The fourth-order valence-electron chi connectivity index (χ4n) is 9.73. The number of rotatable bonds is 10. The summed E-state index contributed by atoms with van der Waals surface area (Å²) in [4.78, 5) is 4.75. The van der Waals surface area contributed by atoms with Gasteiger partial charge in [0.2, 0.25) is 0 Å².